The SMILES string of the molecule is Cc1ccc2cc(C(=O)Cl)c(Cl)nc2c1. The van der Waals surface area contributed by atoms with Gasteiger partial charge in [-0.2, -0.15) is 0 Å². The van der Waals surface area contributed by atoms with Crippen LogP contribution in [-0.4, -0.2) is 10.2 Å². The van der Waals surface area contributed by atoms with Gasteiger partial charge in [0.1, 0.15) is 5.15 Å². The molecule has 0 aliphatic rings. The molecule has 0 aliphatic heterocycles. The fourth-order valence-electron chi connectivity index (χ4n) is 1.39. The minimum absolute atomic E-state index is 0.146. The minimum Gasteiger partial charge on any atom is -0.275 e. The van der Waals surface area contributed by atoms with Gasteiger partial charge in [0.05, 0.1) is 11.1 Å². The van der Waals surface area contributed by atoms with Gasteiger partial charge in [0, 0.05) is 5.39 Å². The van der Waals surface area contributed by atoms with Crippen molar-refractivity contribution in [1.29, 1.82) is 0 Å². The van der Waals surface area contributed by atoms with Gasteiger partial charge in [-0.15, -0.1) is 0 Å². The molecule has 0 spiro atoms. The van der Waals surface area contributed by atoms with Crippen LogP contribution in [0.25, 0.3) is 10.9 Å². The number of halogens is 2. The van der Waals surface area contributed by atoms with Crippen LogP contribution >= 0.6 is 23.2 Å². The van der Waals surface area contributed by atoms with Crippen molar-refractivity contribution >= 4 is 39.3 Å². The van der Waals surface area contributed by atoms with Gasteiger partial charge in [0.25, 0.3) is 5.24 Å². The first kappa shape index (κ1) is 10.4. The number of carbonyl (C=O) groups is 1. The molecular formula is C11H7Cl2NO. The fourth-order valence-corrected chi connectivity index (χ4v) is 1.82. The van der Waals surface area contributed by atoms with E-state index in [2.05, 4.69) is 4.98 Å². The van der Waals surface area contributed by atoms with Crippen molar-refractivity contribution in [3.05, 3.63) is 40.5 Å². The summed E-state index contributed by atoms with van der Waals surface area (Å²) in [6, 6.07) is 7.39. The maximum Gasteiger partial charge on any atom is 0.255 e. The number of hydrogen-bond acceptors (Lipinski definition) is 2. The Kier molecular flexibility index (Phi) is 2.63. The van der Waals surface area contributed by atoms with Crippen molar-refractivity contribution in [3.8, 4) is 0 Å². The zero-order chi connectivity index (χ0) is 11.0. The van der Waals surface area contributed by atoms with Crippen LogP contribution in [0.1, 0.15) is 15.9 Å². The summed E-state index contributed by atoms with van der Waals surface area (Å²) in [5.41, 5.74) is 2.10. The molecular weight excluding hydrogens is 233 g/mol. The third kappa shape index (κ3) is 1.96. The first-order valence-corrected chi connectivity index (χ1v) is 5.10. The lowest BCUT2D eigenvalue weighted by molar-refractivity contribution is 0.108. The lowest BCUT2D eigenvalue weighted by atomic mass is 10.1. The number of rotatable bonds is 1. The molecule has 0 saturated carbocycles. The molecule has 0 atom stereocenters. The number of aromatic nitrogens is 1. The van der Waals surface area contributed by atoms with Crippen LogP contribution in [-0.2, 0) is 0 Å². The Morgan fingerprint density at radius 3 is 2.73 bits per heavy atom. The van der Waals surface area contributed by atoms with Gasteiger partial charge in [0.15, 0.2) is 0 Å². The number of aryl methyl sites for hydroxylation is 1. The molecule has 2 nitrogen and oxygen atoms in total. The van der Waals surface area contributed by atoms with Gasteiger partial charge in [0.2, 0.25) is 0 Å². The Bertz CT molecular complexity index is 552. The van der Waals surface area contributed by atoms with Crippen LogP contribution in [0.15, 0.2) is 24.3 Å². The molecule has 0 saturated heterocycles. The second-order valence-corrected chi connectivity index (χ2v) is 4.00. The van der Waals surface area contributed by atoms with E-state index in [0.717, 1.165) is 16.5 Å². The van der Waals surface area contributed by atoms with Crippen LogP contribution in [0.5, 0.6) is 0 Å². The molecule has 0 fully saturated rings. The second kappa shape index (κ2) is 3.80. The molecule has 1 aromatic heterocycles. The summed E-state index contributed by atoms with van der Waals surface area (Å²) >= 11 is 11.2. The summed E-state index contributed by atoms with van der Waals surface area (Å²) in [5.74, 6) is 0. The molecule has 76 valence electrons. The average Bonchev–Trinajstić information content (AvgIpc) is 2.15. The molecule has 0 aliphatic carbocycles. The Labute approximate surface area is 96.8 Å². The van der Waals surface area contributed by atoms with E-state index in [1.54, 1.807) is 6.07 Å². The Hall–Kier alpha value is -1.12. The van der Waals surface area contributed by atoms with Crippen molar-refractivity contribution in [2.45, 2.75) is 6.92 Å². The third-order valence-corrected chi connectivity index (χ3v) is 2.63. The maximum absolute atomic E-state index is 11.0. The first-order chi connectivity index (χ1) is 7.08. The molecule has 0 amide bonds. The van der Waals surface area contributed by atoms with E-state index < -0.39 is 5.24 Å². The monoisotopic (exact) mass is 239 g/mol. The van der Waals surface area contributed by atoms with E-state index in [1.165, 1.54) is 0 Å². The van der Waals surface area contributed by atoms with Crippen LogP contribution in [0.4, 0.5) is 0 Å². The van der Waals surface area contributed by atoms with Crippen LogP contribution < -0.4 is 0 Å². The quantitative estimate of drug-likeness (QED) is 0.563. The zero-order valence-corrected chi connectivity index (χ0v) is 9.43. The lowest BCUT2D eigenvalue weighted by Crippen LogP contribution is -1.93. The van der Waals surface area contributed by atoms with Gasteiger partial charge < -0.3 is 0 Å². The van der Waals surface area contributed by atoms with Crippen molar-refractivity contribution in [1.82, 2.24) is 4.98 Å². The molecule has 1 aromatic carbocycles. The molecule has 0 unspecified atom stereocenters. The molecule has 0 radical (unpaired) electrons. The smallest absolute Gasteiger partial charge is 0.255 e. The predicted octanol–water partition coefficient (Wildman–Crippen LogP) is 3.58. The van der Waals surface area contributed by atoms with Crippen molar-refractivity contribution in [3.63, 3.8) is 0 Å². The molecule has 4 heteroatoms. The molecule has 0 N–H and O–H groups in total. The summed E-state index contributed by atoms with van der Waals surface area (Å²) in [6.45, 7) is 1.97. The van der Waals surface area contributed by atoms with Crippen LogP contribution in [0, 0.1) is 6.92 Å². The molecule has 15 heavy (non-hydrogen) atoms. The first-order valence-electron chi connectivity index (χ1n) is 4.34. The summed E-state index contributed by atoms with van der Waals surface area (Å²) < 4.78 is 0. The highest BCUT2D eigenvalue weighted by molar-refractivity contribution is 6.68. The topological polar surface area (TPSA) is 30.0 Å². The normalized spacial score (nSPS) is 10.6. The number of pyridine rings is 1. The van der Waals surface area contributed by atoms with Gasteiger partial charge >= 0.3 is 0 Å². The number of nitrogens with zero attached hydrogens (tertiary/aromatic N) is 1. The minimum atomic E-state index is -0.588. The van der Waals surface area contributed by atoms with E-state index in [0.29, 0.717) is 0 Å². The summed E-state index contributed by atoms with van der Waals surface area (Å²) in [5, 5.41) is 0.414. The number of fused-ring (bicyclic) bond motifs is 1. The highest BCUT2D eigenvalue weighted by atomic mass is 35.5. The molecule has 2 rings (SSSR count). The standard InChI is InChI=1S/C11H7Cl2NO/c1-6-2-3-7-5-8(11(13)15)10(12)14-9(7)4-6/h2-5H,1H3. The summed E-state index contributed by atoms with van der Waals surface area (Å²) in [4.78, 5) is 15.1. The molecule has 0 bridgehead atoms. The van der Waals surface area contributed by atoms with E-state index in [-0.39, 0.29) is 10.7 Å². The highest BCUT2D eigenvalue weighted by Gasteiger charge is 2.10. The van der Waals surface area contributed by atoms with E-state index in [1.807, 2.05) is 25.1 Å². The number of hydrogen-bond donors (Lipinski definition) is 0. The van der Waals surface area contributed by atoms with Gasteiger partial charge in [-0.25, -0.2) is 4.98 Å². The third-order valence-electron chi connectivity index (χ3n) is 2.14. The van der Waals surface area contributed by atoms with E-state index >= 15 is 0 Å². The second-order valence-electron chi connectivity index (χ2n) is 3.30. The largest absolute Gasteiger partial charge is 0.275 e. The van der Waals surface area contributed by atoms with Crippen molar-refractivity contribution in [2.75, 3.05) is 0 Å². The molecule has 2 aromatic rings. The highest BCUT2D eigenvalue weighted by Crippen LogP contribution is 2.22. The van der Waals surface area contributed by atoms with Crippen LogP contribution in [0.2, 0.25) is 5.15 Å². The van der Waals surface area contributed by atoms with E-state index in [4.69, 9.17) is 23.2 Å². The number of benzene rings is 1. The number of carbonyl (C=O) groups excluding carboxylic acids is 1. The van der Waals surface area contributed by atoms with Gasteiger partial charge in [-0.1, -0.05) is 23.7 Å². The Morgan fingerprint density at radius 1 is 1.33 bits per heavy atom. The van der Waals surface area contributed by atoms with Gasteiger partial charge in [-0.3, -0.25) is 4.79 Å². The summed E-state index contributed by atoms with van der Waals surface area (Å²) in [7, 11) is 0. The van der Waals surface area contributed by atoms with E-state index in [9.17, 15) is 4.79 Å². The zero-order valence-electron chi connectivity index (χ0n) is 7.92. The maximum atomic E-state index is 11.0. The lowest BCUT2D eigenvalue weighted by Gasteiger charge is -2.02. The van der Waals surface area contributed by atoms with Crippen molar-refractivity contribution < 1.29 is 4.79 Å². The predicted molar refractivity (Wildman–Crippen MR) is 61.7 cm³/mol. The molecule has 1 heterocycles. The van der Waals surface area contributed by atoms with Crippen molar-refractivity contribution in [2.24, 2.45) is 0 Å². The fraction of sp³-hybridized carbons (Fsp3) is 0.0909. The average molecular weight is 240 g/mol. The summed E-state index contributed by atoms with van der Waals surface area (Å²) in [6.07, 6.45) is 0. The Balaban J connectivity index is 2.76. The van der Waals surface area contributed by atoms with Gasteiger partial charge in [-0.05, 0) is 36.2 Å². The Morgan fingerprint density at radius 2 is 2.07 bits per heavy atom. The van der Waals surface area contributed by atoms with Crippen LogP contribution in [0.3, 0.4) is 0 Å².